The van der Waals surface area contributed by atoms with Gasteiger partial charge in [-0.3, -0.25) is 29.2 Å². The van der Waals surface area contributed by atoms with E-state index in [1.165, 1.54) is 0 Å². The van der Waals surface area contributed by atoms with E-state index in [9.17, 15) is 19.2 Å². The van der Waals surface area contributed by atoms with Gasteiger partial charge in [0.1, 0.15) is 12.1 Å². The van der Waals surface area contributed by atoms with Crippen molar-refractivity contribution in [1.29, 1.82) is 0 Å². The van der Waals surface area contributed by atoms with Gasteiger partial charge in [-0.05, 0) is 87.0 Å². The number of H-pyrrole nitrogens is 2. The van der Waals surface area contributed by atoms with Crippen molar-refractivity contribution in [3.8, 4) is 0 Å². The number of urea groups is 1. The molecule has 0 unspecified atom stereocenters. The molecule has 4 aromatic heterocycles. The average molecular weight is 737 g/mol. The van der Waals surface area contributed by atoms with Crippen LogP contribution in [0.5, 0.6) is 0 Å². The van der Waals surface area contributed by atoms with E-state index in [1.807, 2.05) is 42.2 Å². The number of hydrogen-bond acceptors (Lipinski definition) is 9. The number of anilines is 1. The van der Waals surface area contributed by atoms with Crippen molar-refractivity contribution in [3.05, 3.63) is 82.8 Å². The number of hydrogen-bond donors (Lipinski definition) is 5. The molecule has 2 atom stereocenters. The van der Waals surface area contributed by atoms with Crippen LogP contribution >= 0.6 is 0 Å². The summed E-state index contributed by atoms with van der Waals surface area (Å²) in [5, 5.41) is 14.1. The van der Waals surface area contributed by atoms with Crippen LogP contribution in [-0.2, 0) is 16.0 Å². The van der Waals surface area contributed by atoms with Crippen molar-refractivity contribution in [3.63, 3.8) is 0 Å². The summed E-state index contributed by atoms with van der Waals surface area (Å²) < 4.78 is 1.73. The first-order valence-corrected chi connectivity index (χ1v) is 18.8. The molecule has 2 saturated heterocycles. The molecular weight excluding hydrogens is 688 g/mol. The molecule has 5 aromatic rings. The molecule has 2 aliphatic rings. The lowest BCUT2D eigenvalue weighted by Crippen LogP contribution is -2.59. The van der Waals surface area contributed by atoms with Gasteiger partial charge in [-0.1, -0.05) is 6.07 Å². The monoisotopic (exact) mass is 736 g/mol. The molecule has 0 saturated carbocycles. The Balaban J connectivity index is 1.06. The van der Waals surface area contributed by atoms with Crippen LogP contribution in [0.1, 0.15) is 49.3 Å². The number of nitrogens with two attached hydrogens (primary N) is 1. The van der Waals surface area contributed by atoms with E-state index in [4.69, 9.17) is 5.73 Å². The molecule has 16 nitrogen and oxygen atoms in total. The molecule has 7 rings (SSSR count). The topological polar surface area (TPSA) is 203 Å². The third-order valence-corrected chi connectivity index (χ3v) is 10.6. The van der Waals surface area contributed by atoms with Crippen LogP contribution in [0.3, 0.4) is 0 Å². The van der Waals surface area contributed by atoms with E-state index in [1.54, 1.807) is 40.3 Å². The Kier molecular flexibility index (Phi) is 11.2. The Morgan fingerprint density at radius 3 is 2.48 bits per heavy atom. The van der Waals surface area contributed by atoms with E-state index < -0.39 is 18.0 Å². The third-order valence-electron chi connectivity index (χ3n) is 10.6. The van der Waals surface area contributed by atoms with E-state index in [-0.39, 0.29) is 30.1 Å². The molecule has 0 aliphatic carbocycles. The van der Waals surface area contributed by atoms with Crippen LogP contribution in [-0.4, -0.2) is 115 Å². The summed E-state index contributed by atoms with van der Waals surface area (Å²) in [6.45, 7) is 5.61. The van der Waals surface area contributed by atoms with Gasteiger partial charge < -0.3 is 31.1 Å². The smallest absolute Gasteiger partial charge is 0.327 e. The molecule has 6 N–H and O–H groups in total. The number of imidazole rings is 1. The number of fused-ring (bicyclic) bond motifs is 2. The number of piperidine rings is 1. The first-order chi connectivity index (χ1) is 26.3. The minimum Gasteiger partial charge on any atom is -0.368 e. The number of aromatic nitrogens is 6. The summed E-state index contributed by atoms with van der Waals surface area (Å²) >= 11 is 0. The summed E-state index contributed by atoms with van der Waals surface area (Å²) in [5.41, 5.74) is 10.6. The number of unbranched alkanes of at least 4 members (excludes halogenated alkanes) is 1. The number of nitrogens with zero attached hydrogens (tertiary/aromatic N) is 7. The van der Waals surface area contributed by atoms with Gasteiger partial charge in [0.2, 0.25) is 11.8 Å². The second-order valence-corrected chi connectivity index (χ2v) is 14.2. The zero-order valence-electron chi connectivity index (χ0n) is 30.5. The van der Waals surface area contributed by atoms with Gasteiger partial charge in [0.15, 0.2) is 5.65 Å². The largest absolute Gasteiger partial charge is 0.368 e. The molecule has 4 amide bonds. The number of nitrogens with one attached hydrogen (secondary N) is 4. The van der Waals surface area contributed by atoms with Gasteiger partial charge in [-0.25, -0.2) is 14.6 Å². The fraction of sp³-hybridized carbons (Fsp3) is 0.447. The fourth-order valence-electron chi connectivity index (χ4n) is 7.75. The maximum atomic E-state index is 14.3. The molecule has 0 bridgehead atoms. The van der Waals surface area contributed by atoms with E-state index >= 15 is 0 Å². The van der Waals surface area contributed by atoms with Crippen LogP contribution in [0.15, 0.2) is 66.0 Å². The van der Waals surface area contributed by atoms with Crippen LogP contribution in [0, 0.1) is 6.92 Å². The zero-order chi connectivity index (χ0) is 37.6. The van der Waals surface area contributed by atoms with Crippen molar-refractivity contribution in [2.45, 2.75) is 63.6 Å². The minimum absolute atomic E-state index is 0.102. The van der Waals surface area contributed by atoms with Gasteiger partial charge in [0.25, 0.3) is 0 Å². The number of amides is 4. The predicted molar refractivity (Wildman–Crippen MR) is 205 cm³/mol. The van der Waals surface area contributed by atoms with Crippen LogP contribution in [0.2, 0.25) is 0 Å². The molecule has 54 heavy (non-hydrogen) atoms. The SMILES string of the molecule is Cc1cc(C[C@@H](NC(=O)N2CCC(n3c(=O)[nH]c4ncccc43)CC2)C(=O)N[C@@H](CCCCN)C(=O)N2CCN(c3ccncc3)CC2)cc2cn[nH]c12. The van der Waals surface area contributed by atoms with Gasteiger partial charge in [-0.15, -0.1) is 0 Å². The fourth-order valence-corrected chi connectivity index (χ4v) is 7.75. The summed E-state index contributed by atoms with van der Waals surface area (Å²) in [7, 11) is 0. The normalized spacial score (nSPS) is 16.4. The first-order valence-electron chi connectivity index (χ1n) is 18.8. The number of benzene rings is 1. The molecule has 0 radical (unpaired) electrons. The second kappa shape index (κ2) is 16.5. The average Bonchev–Trinajstić information content (AvgIpc) is 3.81. The Morgan fingerprint density at radius 2 is 1.72 bits per heavy atom. The minimum atomic E-state index is -0.963. The number of aryl methyl sites for hydroxylation is 1. The van der Waals surface area contributed by atoms with E-state index in [2.05, 4.69) is 40.7 Å². The van der Waals surface area contributed by atoms with Gasteiger partial charge in [-0.2, -0.15) is 5.10 Å². The Labute approximate surface area is 312 Å². The summed E-state index contributed by atoms with van der Waals surface area (Å²) in [5.74, 6) is -0.567. The Morgan fingerprint density at radius 1 is 0.944 bits per heavy atom. The van der Waals surface area contributed by atoms with E-state index in [0.29, 0.717) is 77.1 Å². The number of likely N-dealkylation sites (tertiary alicyclic amines) is 1. The van der Waals surface area contributed by atoms with Gasteiger partial charge in [0.05, 0.1) is 17.2 Å². The van der Waals surface area contributed by atoms with Crippen molar-refractivity contribution >= 4 is 45.6 Å². The summed E-state index contributed by atoms with van der Waals surface area (Å²) in [6, 6.07) is 9.31. The molecule has 6 heterocycles. The number of pyridine rings is 2. The van der Waals surface area contributed by atoms with Crippen LogP contribution < -0.4 is 27.0 Å². The second-order valence-electron chi connectivity index (χ2n) is 14.2. The maximum Gasteiger partial charge on any atom is 0.327 e. The molecule has 0 spiro atoms. The highest BCUT2D eigenvalue weighted by Crippen LogP contribution is 2.25. The van der Waals surface area contributed by atoms with Crippen LogP contribution in [0.25, 0.3) is 22.1 Å². The summed E-state index contributed by atoms with van der Waals surface area (Å²) in [4.78, 5) is 71.9. The summed E-state index contributed by atoms with van der Waals surface area (Å²) in [6.07, 6.45) is 10.0. The Bertz CT molecular complexity index is 2130. The molecule has 2 aliphatic heterocycles. The highest BCUT2D eigenvalue weighted by atomic mass is 16.2. The van der Waals surface area contributed by atoms with Gasteiger partial charge in [0, 0.05) is 81.4 Å². The van der Waals surface area contributed by atoms with Crippen molar-refractivity contribution in [2.75, 3.05) is 50.7 Å². The van der Waals surface area contributed by atoms with E-state index in [0.717, 1.165) is 39.7 Å². The lowest BCUT2D eigenvalue weighted by molar-refractivity contribution is -0.137. The number of carbonyl (C=O) groups excluding carboxylic acids is 3. The lowest BCUT2D eigenvalue weighted by atomic mass is 10.00. The number of rotatable bonds is 12. The van der Waals surface area contributed by atoms with Crippen molar-refractivity contribution in [2.24, 2.45) is 5.73 Å². The number of piperazine rings is 1. The third kappa shape index (κ3) is 8.07. The molecule has 16 heteroatoms. The molecular formula is C38H48N12O4. The zero-order valence-corrected chi connectivity index (χ0v) is 30.5. The van der Waals surface area contributed by atoms with Crippen molar-refractivity contribution in [1.82, 2.24) is 50.1 Å². The highest BCUT2D eigenvalue weighted by molar-refractivity contribution is 5.92. The quantitative estimate of drug-likeness (QED) is 0.119. The van der Waals surface area contributed by atoms with Gasteiger partial charge >= 0.3 is 11.7 Å². The predicted octanol–water partition coefficient (Wildman–Crippen LogP) is 2.22. The van der Waals surface area contributed by atoms with Crippen LogP contribution in [0.4, 0.5) is 10.5 Å². The first kappa shape index (κ1) is 36.6. The number of aromatic amines is 2. The lowest BCUT2D eigenvalue weighted by Gasteiger charge is -2.38. The maximum absolute atomic E-state index is 14.3. The van der Waals surface area contributed by atoms with Crippen molar-refractivity contribution < 1.29 is 14.4 Å². The standard InChI is InChI=1S/C38H48N12O4/c1-25-21-26(22-27-24-42-46-33(25)27)23-31(44-37(53)49-15-9-29(10-16-49)50-32-6-4-12-41-34(32)45-38(50)54)35(51)43-30(5-2-3-11-39)36(52)48-19-17-47(18-20-48)28-7-13-40-14-8-28/h4,6-8,12-14,21-22,24,29-31H,2-3,5,9-11,15-20,23,39H2,1H3,(H,42,46)(H,43,51)(H,44,53)(H,41,45,54)/t30-,31+/m0/s1. The molecule has 2 fully saturated rings. The molecule has 1 aromatic carbocycles. The molecule has 284 valence electrons. The number of carbonyl (C=O) groups is 3. The Hall–Kier alpha value is -5.77. The highest BCUT2D eigenvalue weighted by Gasteiger charge is 2.33.